The van der Waals surface area contributed by atoms with Crippen molar-refractivity contribution in [3.05, 3.63) is 77.7 Å². The third kappa shape index (κ3) is 37.7. The monoisotopic (exact) mass is 1250 g/mol. The third-order valence-corrected chi connectivity index (χ3v) is 14.9. The summed E-state index contributed by atoms with van der Waals surface area (Å²) in [6.45, 7) is 2.37. The molecule has 0 aliphatic carbocycles. The Bertz CT molecular complexity index is 2520. The molecule has 87 heavy (non-hydrogen) atoms. The molecule has 4 atom stereocenters. The number of para-hydroxylation sites is 1. The van der Waals surface area contributed by atoms with Gasteiger partial charge < -0.3 is 60.2 Å². The number of hydrogen-bond acceptors (Lipinski definition) is 20. The molecule has 2 rings (SSSR count). The molecule has 26 nitrogen and oxygen atoms in total. The normalized spacial score (nSPS) is 12.9. The van der Waals surface area contributed by atoms with Crippen LogP contribution in [-0.2, 0) is 71.5 Å². The number of anilines is 1. The lowest BCUT2D eigenvalue weighted by Crippen LogP contribution is -2.32. The van der Waals surface area contributed by atoms with Crippen LogP contribution in [0.1, 0.15) is 133 Å². The number of benzene rings is 2. The zero-order valence-corrected chi connectivity index (χ0v) is 50.4. The number of aliphatic hydroxyl groups is 1. The molecule has 0 spiro atoms. The Morgan fingerprint density at radius 2 is 1.18 bits per heavy atom. The number of carboxylic acids is 3. The van der Waals surface area contributed by atoms with Crippen LogP contribution in [0.4, 0.5) is 5.69 Å². The van der Waals surface area contributed by atoms with Crippen LogP contribution in [0.25, 0.3) is 0 Å². The second kappa shape index (κ2) is 45.6. The van der Waals surface area contributed by atoms with Gasteiger partial charge in [0, 0.05) is 88.5 Å². The molecule has 484 valence electrons. The third-order valence-electron chi connectivity index (χ3n) is 13.4. The Kier molecular flexibility index (Phi) is 40.1. The van der Waals surface area contributed by atoms with E-state index >= 15 is 0 Å². The van der Waals surface area contributed by atoms with Crippen molar-refractivity contribution in [1.82, 2.24) is 10.6 Å². The van der Waals surface area contributed by atoms with Crippen LogP contribution >= 0.6 is 7.94 Å². The number of nitrogens with two attached hydrogens (primary N) is 1. The van der Waals surface area contributed by atoms with Crippen LogP contribution in [0.5, 0.6) is 0 Å². The van der Waals surface area contributed by atoms with Gasteiger partial charge in [-0.25, -0.2) is 5.26 Å². The molecule has 0 bridgehead atoms. The van der Waals surface area contributed by atoms with E-state index in [2.05, 4.69) is 27.4 Å². The summed E-state index contributed by atoms with van der Waals surface area (Å²) in [4.78, 5) is 135. The van der Waals surface area contributed by atoms with Gasteiger partial charge in [0.05, 0.1) is 76.1 Å². The summed E-state index contributed by atoms with van der Waals surface area (Å²) in [5.74, 6) is -3.09. The summed E-state index contributed by atoms with van der Waals surface area (Å²) in [6.07, 6.45) is 0.339. The molecule has 0 saturated carbocycles. The topological polar surface area (TPSA) is 404 Å². The number of hydrogen-bond donors (Lipinski definition) is 10. The highest BCUT2D eigenvalue weighted by Gasteiger charge is 2.42. The van der Waals surface area contributed by atoms with Gasteiger partial charge in [-0.3, -0.25) is 48.5 Å². The number of nitrogens with zero attached hydrogens (tertiary/aromatic N) is 1. The summed E-state index contributed by atoms with van der Waals surface area (Å²) in [7, 11) is -2.51. The predicted molar refractivity (Wildman–Crippen MR) is 317 cm³/mol. The summed E-state index contributed by atoms with van der Waals surface area (Å²) in [5.41, 5.74) is 7.83. The van der Waals surface area contributed by atoms with Gasteiger partial charge in [0.1, 0.15) is 29.8 Å². The average molecular weight is 1250 g/mol. The number of unbranched alkanes of at least 4 members (excludes halogenated alkanes) is 2. The standard InChI is InChI=1S/C60H87N4O22P/c1-64(53-18-8-7-14-45(53)20-19-44-12-4-2-5-13-44)56(70)27-24-50(65)17-11-31-81-34-36-83-38-39-84-37-35-82-33-29-52(67)40-46(58(61)73)21-25-54(68)62-30-9-3-6-16-51(66)41-47(59(74)75)22-26-55(69)63-49(42-85-78)15-10-32-86-87(79,80)43-48(60(76)77)23-28-57(71)72/h2,4-5,7-8,12-14,18,42,46-48,54,62,68,79-80H,3,6,9-11,15-17,21-41,43H2,1H3,(H6-,61,63,69,71,72,73,74,75,76,77,78)/p+1/b49-42-/t46?,47-,48?,54?/m1/s1. The molecule has 0 aromatic heterocycles. The number of carbonyl (C=O) groups excluding carboxylic acids is 6. The van der Waals surface area contributed by atoms with Crippen LogP contribution in [0.15, 0.2) is 66.6 Å². The number of carbonyl (C=O) groups is 9. The van der Waals surface area contributed by atoms with Crippen molar-refractivity contribution in [2.24, 2.45) is 23.5 Å². The van der Waals surface area contributed by atoms with Gasteiger partial charge in [-0.15, -0.1) is 0 Å². The van der Waals surface area contributed by atoms with E-state index in [1.807, 2.05) is 54.6 Å². The molecular formula is C60H88N4O22P+. The maximum atomic E-state index is 12.9. The van der Waals surface area contributed by atoms with Gasteiger partial charge in [0.15, 0.2) is 6.16 Å². The highest BCUT2D eigenvalue weighted by Crippen LogP contribution is 2.53. The average Bonchev–Trinajstić information content (AvgIpc) is 3.27. The number of nitrogens with one attached hydrogen (secondary N) is 2. The van der Waals surface area contributed by atoms with Crippen LogP contribution in [-0.4, -0.2) is 174 Å². The number of Topliss-reactive ketones (excluding diaryl/α,β-unsaturated/α-hetero) is 3. The van der Waals surface area contributed by atoms with Crippen molar-refractivity contribution >= 4 is 66.6 Å². The van der Waals surface area contributed by atoms with E-state index in [1.54, 1.807) is 7.05 Å². The minimum Gasteiger partial charge on any atom is -0.481 e. The fourth-order valence-electron chi connectivity index (χ4n) is 8.46. The predicted octanol–water partition coefficient (Wildman–Crippen LogP) is 4.94. The van der Waals surface area contributed by atoms with Gasteiger partial charge >= 0.3 is 25.9 Å². The van der Waals surface area contributed by atoms with E-state index < -0.39 is 74.2 Å². The molecule has 2 aromatic rings. The van der Waals surface area contributed by atoms with E-state index in [0.29, 0.717) is 77.4 Å². The second-order valence-electron chi connectivity index (χ2n) is 20.5. The van der Waals surface area contributed by atoms with Gasteiger partial charge in [-0.1, -0.05) is 48.6 Å². The maximum absolute atomic E-state index is 12.9. The van der Waals surface area contributed by atoms with Crippen molar-refractivity contribution in [3.8, 4) is 11.8 Å². The Hall–Kier alpha value is -6.60. The Balaban J connectivity index is 1.48. The van der Waals surface area contributed by atoms with Crippen molar-refractivity contribution in [3.63, 3.8) is 0 Å². The number of rotatable bonds is 52. The molecule has 0 fully saturated rings. The zero-order chi connectivity index (χ0) is 64.2. The summed E-state index contributed by atoms with van der Waals surface area (Å²) < 4.78 is 27.1. The molecule has 0 saturated heterocycles. The lowest BCUT2D eigenvalue weighted by Gasteiger charge is -2.18. The molecule has 0 radical (unpaired) electrons. The van der Waals surface area contributed by atoms with Crippen molar-refractivity contribution in [2.45, 2.75) is 128 Å². The zero-order valence-electron chi connectivity index (χ0n) is 49.5. The number of aliphatic hydroxyl groups excluding tert-OH is 1. The van der Waals surface area contributed by atoms with E-state index in [-0.39, 0.29) is 139 Å². The fraction of sp³-hybridized carbons (Fsp3) is 0.583. The van der Waals surface area contributed by atoms with Crippen LogP contribution in [0.2, 0.25) is 0 Å². The van der Waals surface area contributed by atoms with E-state index in [0.717, 1.165) is 17.4 Å². The van der Waals surface area contributed by atoms with Crippen LogP contribution in [0, 0.1) is 29.6 Å². The highest BCUT2D eigenvalue weighted by atomic mass is 31.2. The van der Waals surface area contributed by atoms with Crippen molar-refractivity contribution < 1.29 is 107 Å². The van der Waals surface area contributed by atoms with Gasteiger partial charge in [0.25, 0.3) is 0 Å². The van der Waals surface area contributed by atoms with Crippen molar-refractivity contribution in [2.75, 3.05) is 84.1 Å². The SMILES string of the molecule is CN(C(=O)CCC(=O)CCCOCCOCCOCCOCCC(=O)CC(CCC(O)NCCCCCC(=O)C[C@@H](CCC(=O)N/C(=C\OO)CCCO[P+](O)(O)CC(CCC(=O)O)C(=O)O)C(=O)O)C(N)=O)c1ccccc1C#Cc1ccccc1. The smallest absolute Gasteiger partial charge is 0.407 e. The Labute approximate surface area is 507 Å². The number of primary amides is 1. The lowest BCUT2D eigenvalue weighted by atomic mass is 9.94. The number of ketones is 3. The minimum atomic E-state index is -4.19. The molecule has 2 aromatic carbocycles. The maximum Gasteiger partial charge on any atom is 0.407 e. The van der Waals surface area contributed by atoms with Crippen molar-refractivity contribution in [1.29, 1.82) is 0 Å². The summed E-state index contributed by atoms with van der Waals surface area (Å²) in [5, 5.41) is 52.5. The highest BCUT2D eigenvalue weighted by molar-refractivity contribution is 7.59. The Morgan fingerprint density at radius 3 is 1.83 bits per heavy atom. The molecule has 3 amide bonds. The number of allylic oxidation sites excluding steroid dienone is 1. The number of aliphatic carboxylic acids is 3. The lowest BCUT2D eigenvalue weighted by molar-refractivity contribution is -0.188. The largest absolute Gasteiger partial charge is 0.481 e. The minimum absolute atomic E-state index is 0.0144. The number of amides is 3. The van der Waals surface area contributed by atoms with Gasteiger partial charge in [0.2, 0.25) is 17.7 Å². The summed E-state index contributed by atoms with van der Waals surface area (Å²) >= 11 is 0. The van der Waals surface area contributed by atoms with Crippen LogP contribution in [0.3, 0.4) is 0 Å². The van der Waals surface area contributed by atoms with Gasteiger partial charge in [-0.2, -0.15) is 14.3 Å². The molecule has 0 aliphatic rings. The molecular weight excluding hydrogens is 1160 g/mol. The molecule has 0 heterocycles. The number of ether oxygens (including phenoxy) is 4. The van der Waals surface area contributed by atoms with Crippen LogP contribution < -0.4 is 21.3 Å². The first kappa shape index (κ1) is 76.5. The van der Waals surface area contributed by atoms with E-state index in [1.165, 1.54) is 4.90 Å². The Morgan fingerprint density at radius 1 is 0.598 bits per heavy atom. The molecule has 0 aliphatic heterocycles. The van der Waals surface area contributed by atoms with E-state index in [4.69, 9.17) is 39.6 Å². The molecule has 3 unspecified atom stereocenters. The van der Waals surface area contributed by atoms with Gasteiger partial charge in [-0.05, 0) is 88.6 Å². The fourth-order valence-corrected chi connectivity index (χ4v) is 9.90. The summed E-state index contributed by atoms with van der Waals surface area (Å²) in [6, 6.07) is 17.0. The van der Waals surface area contributed by atoms with E-state index in [9.17, 15) is 68.3 Å². The first-order valence-corrected chi connectivity index (χ1v) is 30.8. The second-order valence-corrected chi connectivity index (χ2v) is 22.4. The molecule has 11 N–H and O–H groups in total. The first-order valence-electron chi connectivity index (χ1n) is 29.0. The first-order chi connectivity index (χ1) is 41.6. The quantitative estimate of drug-likeness (QED) is 0.00797. The molecule has 27 heteroatoms. The number of carboxylic acid groups (broad SMARTS) is 3.